The van der Waals surface area contributed by atoms with Crippen molar-refractivity contribution < 1.29 is 14.3 Å². The van der Waals surface area contributed by atoms with Crippen LogP contribution in [-0.4, -0.2) is 28.7 Å². The van der Waals surface area contributed by atoms with Gasteiger partial charge in [0.05, 0.1) is 6.33 Å². The minimum atomic E-state index is -0.149. The molecule has 1 aromatic heterocycles. The first kappa shape index (κ1) is 16.9. The summed E-state index contributed by atoms with van der Waals surface area (Å²) in [7, 11) is 0. The van der Waals surface area contributed by atoms with E-state index in [-0.39, 0.29) is 5.91 Å². The average molecular weight is 361 g/mol. The molecule has 4 rings (SSSR count). The SMILES string of the molecule is O=C(/C=C/c1ccc2c(c1)OCCO2)NCc1ccc(-n2ccnc2)cc1. The van der Waals surface area contributed by atoms with Crippen LogP contribution in [0.4, 0.5) is 0 Å². The number of nitrogens with zero attached hydrogens (tertiary/aromatic N) is 2. The van der Waals surface area contributed by atoms with E-state index < -0.39 is 0 Å². The lowest BCUT2D eigenvalue weighted by Crippen LogP contribution is -2.20. The van der Waals surface area contributed by atoms with Gasteiger partial charge < -0.3 is 19.4 Å². The van der Waals surface area contributed by atoms with Gasteiger partial charge >= 0.3 is 0 Å². The van der Waals surface area contributed by atoms with E-state index in [1.807, 2.05) is 53.2 Å². The van der Waals surface area contributed by atoms with Crippen molar-refractivity contribution >= 4 is 12.0 Å². The highest BCUT2D eigenvalue weighted by Gasteiger charge is 2.10. The van der Waals surface area contributed by atoms with E-state index in [2.05, 4.69) is 10.3 Å². The van der Waals surface area contributed by atoms with Crippen molar-refractivity contribution in [2.24, 2.45) is 0 Å². The number of rotatable bonds is 5. The number of amides is 1. The van der Waals surface area contributed by atoms with Crippen molar-refractivity contribution in [3.63, 3.8) is 0 Å². The maximum atomic E-state index is 12.1. The zero-order chi connectivity index (χ0) is 18.5. The number of imidazole rings is 1. The third-order valence-corrected chi connectivity index (χ3v) is 4.20. The molecule has 3 aromatic rings. The Hall–Kier alpha value is -3.54. The molecule has 1 N–H and O–H groups in total. The Morgan fingerprint density at radius 2 is 1.93 bits per heavy atom. The van der Waals surface area contributed by atoms with Gasteiger partial charge in [0, 0.05) is 30.7 Å². The highest BCUT2D eigenvalue weighted by atomic mass is 16.6. The monoisotopic (exact) mass is 361 g/mol. The van der Waals surface area contributed by atoms with Gasteiger partial charge in [-0.1, -0.05) is 18.2 Å². The maximum Gasteiger partial charge on any atom is 0.244 e. The third kappa shape index (κ3) is 4.17. The van der Waals surface area contributed by atoms with Crippen molar-refractivity contribution in [2.45, 2.75) is 6.54 Å². The number of hydrogen-bond donors (Lipinski definition) is 1. The molecule has 0 unspecified atom stereocenters. The molecule has 0 aliphatic carbocycles. The van der Waals surface area contributed by atoms with Crippen LogP contribution in [0.2, 0.25) is 0 Å². The first-order chi connectivity index (χ1) is 13.3. The molecule has 0 saturated heterocycles. The molecule has 2 heterocycles. The molecule has 0 atom stereocenters. The van der Waals surface area contributed by atoms with Gasteiger partial charge in [-0.2, -0.15) is 0 Å². The van der Waals surface area contributed by atoms with Crippen LogP contribution in [-0.2, 0) is 11.3 Å². The van der Waals surface area contributed by atoms with E-state index >= 15 is 0 Å². The quantitative estimate of drug-likeness (QED) is 0.710. The Morgan fingerprint density at radius 3 is 2.70 bits per heavy atom. The summed E-state index contributed by atoms with van der Waals surface area (Å²) in [6.07, 6.45) is 8.65. The molecule has 136 valence electrons. The van der Waals surface area contributed by atoms with Crippen LogP contribution in [0.15, 0.2) is 67.3 Å². The largest absolute Gasteiger partial charge is 0.486 e. The molecule has 1 amide bonds. The molecule has 0 bridgehead atoms. The highest BCUT2D eigenvalue weighted by molar-refractivity contribution is 5.91. The zero-order valence-electron chi connectivity index (χ0n) is 14.7. The molecule has 0 fully saturated rings. The van der Waals surface area contributed by atoms with Gasteiger partial charge in [-0.05, 0) is 41.5 Å². The summed E-state index contributed by atoms with van der Waals surface area (Å²) >= 11 is 0. The maximum absolute atomic E-state index is 12.1. The molecule has 0 saturated carbocycles. The summed E-state index contributed by atoms with van der Waals surface area (Å²) in [6, 6.07) is 13.6. The normalized spacial score (nSPS) is 12.9. The van der Waals surface area contributed by atoms with Crippen molar-refractivity contribution in [3.05, 3.63) is 78.4 Å². The van der Waals surface area contributed by atoms with E-state index in [0.717, 1.165) is 22.6 Å². The molecule has 1 aliphatic heterocycles. The van der Waals surface area contributed by atoms with Crippen molar-refractivity contribution in [1.29, 1.82) is 0 Å². The molecular weight excluding hydrogens is 342 g/mol. The minimum absolute atomic E-state index is 0.149. The average Bonchev–Trinajstić information content (AvgIpc) is 3.26. The number of carbonyl (C=O) groups is 1. The number of hydrogen-bond acceptors (Lipinski definition) is 4. The lowest BCUT2D eigenvalue weighted by molar-refractivity contribution is -0.116. The van der Waals surface area contributed by atoms with Gasteiger partial charge in [0.15, 0.2) is 11.5 Å². The van der Waals surface area contributed by atoms with Crippen molar-refractivity contribution in [2.75, 3.05) is 13.2 Å². The fourth-order valence-electron chi connectivity index (χ4n) is 2.78. The molecule has 2 aromatic carbocycles. The minimum Gasteiger partial charge on any atom is -0.486 e. The first-order valence-electron chi connectivity index (χ1n) is 8.71. The predicted octanol–water partition coefficient (Wildman–Crippen LogP) is 2.97. The standard InChI is InChI=1S/C21H19N3O3/c25-21(8-4-16-3-7-19-20(13-16)27-12-11-26-19)23-14-17-1-5-18(6-2-17)24-10-9-22-15-24/h1-10,13,15H,11-12,14H2,(H,23,25)/b8-4+. The Balaban J connectivity index is 1.32. The number of ether oxygens (including phenoxy) is 2. The van der Waals surface area contributed by atoms with Crippen LogP contribution in [0.25, 0.3) is 11.8 Å². The summed E-state index contributed by atoms with van der Waals surface area (Å²) in [5.74, 6) is 1.30. The Bertz CT molecular complexity index is 947. The Morgan fingerprint density at radius 1 is 1.11 bits per heavy atom. The van der Waals surface area contributed by atoms with E-state index in [1.54, 1.807) is 18.6 Å². The topological polar surface area (TPSA) is 65.4 Å². The first-order valence-corrected chi connectivity index (χ1v) is 8.71. The van der Waals surface area contributed by atoms with E-state index in [0.29, 0.717) is 25.5 Å². The number of carbonyl (C=O) groups excluding carboxylic acids is 1. The number of nitrogens with one attached hydrogen (secondary N) is 1. The Labute approximate surface area is 157 Å². The highest BCUT2D eigenvalue weighted by Crippen LogP contribution is 2.31. The van der Waals surface area contributed by atoms with E-state index in [9.17, 15) is 4.79 Å². The van der Waals surface area contributed by atoms with Crippen LogP contribution in [0.3, 0.4) is 0 Å². The fraction of sp³-hybridized carbons (Fsp3) is 0.143. The second kappa shape index (κ2) is 7.78. The van der Waals surface area contributed by atoms with Gasteiger partial charge in [0.1, 0.15) is 13.2 Å². The molecule has 6 heteroatoms. The fourth-order valence-corrected chi connectivity index (χ4v) is 2.78. The number of fused-ring (bicyclic) bond motifs is 1. The molecule has 0 spiro atoms. The van der Waals surface area contributed by atoms with Crippen molar-refractivity contribution in [1.82, 2.24) is 14.9 Å². The molecular formula is C21H19N3O3. The van der Waals surface area contributed by atoms with E-state index in [4.69, 9.17) is 9.47 Å². The second-order valence-electron chi connectivity index (χ2n) is 6.09. The lowest BCUT2D eigenvalue weighted by Gasteiger charge is -2.18. The molecule has 27 heavy (non-hydrogen) atoms. The summed E-state index contributed by atoms with van der Waals surface area (Å²) in [4.78, 5) is 16.1. The van der Waals surface area contributed by atoms with Crippen molar-refractivity contribution in [3.8, 4) is 17.2 Å². The van der Waals surface area contributed by atoms with Gasteiger partial charge in [0.25, 0.3) is 0 Å². The summed E-state index contributed by atoms with van der Waals surface area (Å²) in [5.41, 5.74) is 2.94. The molecule has 1 aliphatic rings. The van der Waals surface area contributed by atoms with E-state index in [1.165, 1.54) is 6.08 Å². The van der Waals surface area contributed by atoms with Crippen LogP contribution in [0, 0.1) is 0 Å². The third-order valence-electron chi connectivity index (χ3n) is 4.20. The van der Waals surface area contributed by atoms with Gasteiger partial charge in [-0.25, -0.2) is 4.98 Å². The number of benzene rings is 2. The smallest absolute Gasteiger partial charge is 0.244 e. The number of aromatic nitrogens is 2. The van der Waals surface area contributed by atoms with Crippen LogP contribution in [0.5, 0.6) is 11.5 Å². The predicted molar refractivity (Wildman–Crippen MR) is 102 cm³/mol. The summed E-state index contributed by atoms with van der Waals surface area (Å²) < 4.78 is 13.0. The summed E-state index contributed by atoms with van der Waals surface area (Å²) in [5, 5.41) is 2.88. The van der Waals surface area contributed by atoms with Crippen LogP contribution in [0.1, 0.15) is 11.1 Å². The molecule has 6 nitrogen and oxygen atoms in total. The van der Waals surface area contributed by atoms with Gasteiger partial charge in [-0.15, -0.1) is 0 Å². The second-order valence-corrected chi connectivity index (χ2v) is 6.09. The van der Waals surface area contributed by atoms with Crippen LogP contribution >= 0.6 is 0 Å². The van der Waals surface area contributed by atoms with Crippen LogP contribution < -0.4 is 14.8 Å². The molecule has 0 radical (unpaired) electrons. The summed E-state index contributed by atoms with van der Waals surface area (Å²) in [6.45, 7) is 1.57. The van der Waals surface area contributed by atoms with Gasteiger partial charge in [0.2, 0.25) is 5.91 Å². The lowest BCUT2D eigenvalue weighted by atomic mass is 10.1. The Kier molecular flexibility index (Phi) is 4.87. The van der Waals surface area contributed by atoms with Gasteiger partial charge in [-0.3, -0.25) is 4.79 Å². The zero-order valence-corrected chi connectivity index (χ0v) is 14.7.